The van der Waals surface area contributed by atoms with Crippen molar-refractivity contribution in [3.8, 4) is 0 Å². The molecule has 2 aromatic rings. The van der Waals surface area contributed by atoms with Crippen LogP contribution in [-0.4, -0.2) is 64.7 Å². The summed E-state index contributed by atoms with van der Waals surface area (Å²) in [6.07, 6.45) is 1.98. The van der Waals surface area contributed by atoms with E-state index in [2.05, 4.69) is 22.2 Å². The number of nitrogens with zero attached hydrogens (tertiary/aromatic N) is 3. The zero-order valence-corrected chi connectivity index (χ0v) is 19.5. The van der Waals surface area contributed by atoms with Gasteiger partial charge in [-0.15, -0.1) is 0 Å². The molecule has 1 aliphatic rings. The van der Waals surface area contributed by atoms with Crippen LogP contribution in [0.3, 0.4) is 0 Å². The topological polar surface area (TPSA) is 73.0 Å². The smallest absolute Gasteiger partial charge is 0.247 e. The maximum atomic E-state index is 12.9. The molecule has 31 heavy (non-hydrogen) atoms. The molecule has 168 valence electrons. The van der Waals surface area contributed by atoms with E-state index in [1.807, 2.05) is 43.3 Å². The molecule has 1 N–H and O–H groups in total. The van der Waals surface area contributed by atoms with Crippen LogP contribution in [0, 0.1) is 0 Å². The summed E-state index contributed by atoms with van der Waals surface area (Å²) in [5.41, 5.74) is 3.35. The molecule has 0 radical (unpaired) electrons. The molecule has 0 unspecified atom stereocenters. The van der Waals surface area contributed by atoms with Crippen LogP contribution in [0.4, 0.5) is 17.1 Å². The summed E-state index contributed by atoms with van der Waals surface area (Å²) in [4.78, 5) is 17.5. The number of piperazine rings is 1. The van der Waals surface area contributed by atoms with Crippen LogP contribution in [0.25, 0.3) is 0 Å². The second kappa shape index (κ2) is 9.70. The summed E-state index contributed by atoms with van der Waals surface area (Å²) >= 11 is 0. The molecule has 0 saturated carbocycles. The summed E-state index contributed by atoms with van der Waals surface area (Å²) in [7, 11) is -1.52. The Hall–Kier alpha value is -2.58. The van der Waals surface area contributed by atoms with Crippen molar-refractivity contribution in [2.24, 2.45) is 0 Å². The number of carbonyl (C=O) groups excluding carboxylic acids is 1. The maximum absolute atomic E-state index is 12.9. The van der Waals surface area contributed by atoms with Crippen molar-refractivity contribution in [1.82, 2.24) is 4.90 Å². The lowest BCUT2D eigenvalue weighted by molar-refractivity contribution is -0.116. The van der Waals surface area contributed by atoms with Gasteiger partial charge in [0.1, 0.15) is 6.04 Å². The summed E-state index contributed by atoms with van der Waals surface area (Å²) in [6.45, 7) is 7.63. The van der Waals surface area contributed by atoms with Crippen molar-refractivity contribution in [1.29, 1.82) is 0 Å². The zero-order valence-electron chi connectivity index (χ0n) is 18.7. The number of benzene rings is 2. The molecule has 0 aliphatic carbocycles. The molecule has 0 aromatic heterocycles. The lowest BCUT2D eigenvalue weighted by atomic mass is 10.1. The number of likely N-dealkylation sites (N-methyl/N-ethyl adjacent to an activating group) is 1. The number of anilines is 3. The fourth-order valence-electron chi connectivity index (χ4n) is 3.75. The molecule has 1 fully saturated rings. The first-order chi connectivity index (χ1) is 14.7. The van der Waals surface area contributed by atoms with Gasteiger partial charge in [-0.25, -0.2) is 8.42 Å². The predicted octanol–water partition coefficient (Wildman–Crippen LogP) is 2.79. The van der Waals surface area contributed by atoms with Crippen LogP contribution >= 0.6 is 0 Å². The molecule has 2 aromatic carbocycles. The largest absolute Gasteiger partial charge is 0.369 e. The Bertz CT molecular complexity index is 982. The second-order valence-corrected chi connectivity index (χ2v) is 9.94. The molecular formula is C23H32N4O3S. The number of hydrogen-bond donors (Lipinski definition) is 1. The van der Waals surface area contributed by atoms with Gasteiger partial charge in [0.25, 0.3) is 0 Å². The van der Waals surface area contributed by atoms with E-state index in [4.69, 9.17) is 0 Å². The number of aryl methyl sites for hydroxylation is 1. The van der Waals surface area contributed by atoms with Gasteiger partial charge >= 0.3 is 0 Å². The fourth-order valence-corrected chi connectivity index (χ4v) is 4.93. The minimum atomic E-state index is -3.64. The molecule has 1 amide bonds. The Morgan fingerprint density at radius 3 is 2.13 bits per heavy atom. The highest BCUT2D eigenvalue weighted by molar-refractivity contribution is 7.92. The quantitative estimate of drug-likeness (QED) is 0.711. The van der Waals surface area contributed by atoms with Gasteiger partial charge in [0.05, 0.1) is 11.9 Å². The highest BCUT2D eigenvalue weighted by Gasteiger charge is 2.29. The van der Waals surface area contributed by atoms with Gasteiger partial charge in [-0.05, 0) is 62.4 Å². The Morgan fingerprint density at radius 1 is 1.03 bits per heavy atom. The highest BCUT2D eigenvalue weighted by atomic mass is 32.2. The third kappa shape index (κ3) is 5.77. The molecule has 8 heteroatoms. The highest BCUT2D eigenvalue weighted by Crippen LogP contribution is 2.23. The van der Waals surface area contributed by atoms with E-state index in [1.165, 1.54) is 4.31 Å². The van der Waals surface area contributed by atoms with Crippen molar-refractivity contribution in [2.45, 2.75) is 26.3 Å². The summed E-state index contributed by atoms with van der Waals surface area (Å²) in [5.74, 6) is -0.377. The number of sulfonamides is 1. The van der Waals surface area contributed by atoms with Crippen LogP contribution in [0.1, 0.15) is 19.4 Å². The van der Waals surface area contributed by atoms with Crippen molar-refractivity contribution in [3.63, 3.8) is 0 Å². The maximum Gasteiger partial charge on any atom is 0.247 e. The van der Waals surface area contributed by atoms with Crippen LogP contribution in [-0.2, 0) is 21.2 Å². The first kappa shape index (κ1) is 23.1. The molecule has 1 saturated heterocycles. The van der Waals surface area contributed by atoms with E-state index in [1.54, 1.807) is 19.1 Å². The number of amides is 1. The molecule has 0 bridgehead atoms. The lowest BCUT2D eigenvalue weighted by Gasteiger charge is -2.34. The normalized spacial score (nSPS) is 16.1. The first-order valence-corrected chi connectivity index (χ1v) is 12.5. The van der Waals surface area contributed by atoms with Gasteiger partial charge in [-0.3, -0.25) is 9.10 Å². The minimum Gasteiger partial charge on any atom is -0.369 e. The van der Waals surface area contributed by atoms with Gasteiger partial charge in [0, 0.05) is 37.6 Å². The molecular weight excluding hydrogens is 412 g/mol. The summed E-state index contributed by atoms with van der Waals surface area (Å²) in [6, 6.07) is 14.1. The van der Waals surface area contributed by atoms with E-state index < -0.39 is 16.1 Å². The van der Waals surface area contributed by atoms with Crippen molar-refractivity contribution < 1.29 is 13.2 Å². The number of carbonyl (C=O) groups is 1. The molecule has 0 spiro atoms. The van der Waals surface area contributed by atoms with Gasteiger partial charge in [-0.2, -0.15) is 0 Å². The van der Waals surface area contributed by atoms with Crippen LogP contribution in [0.2, 0.25) is 0 Å². The average Bonchev–Trinajstić information content (AvgIpc) is 2.74. The van der Waals surface area contributed by atoms with E-state index in [9.17, 15) is 13.2 Å². The predicted molar refractivity (Wildman–Crippen MR) is 127 cm³/mol. The van der Waals surface area contributed by atoms with Gasteiger partial charge < -0.3 is 15.1 Å². The SMILES string of the molecule is CCc1ccc(N([C@@H](C)C(=O)Nc2ccc(N3CCN(C)CC3)cc2)S(C)(=O)=O)cc1. The Balaban J connectivity index is 1.71. The van der Waals surface area contributed by atoms with Crippen LogP contribution in [0.5, 0.6) is 0 Å². The summed E-state index contributed by atoms with van der Waals surface area (Å²) < 4.78 is 26.1. The average molecular weight is 445 g/mol. The standard InChI is InChI=1S/C23H32N4O3S/c1-5-19-6-10-22(11-7-19)27(31(4,29)30)18(2)23(28)24-20-8-12-21(13-9-20)26-16-14-25(3)15-17-26/h6-13,18H,5,14-17H2,1-4H3,(H,24,28)/t18-/m0/s1. The zero-order chi connectivity index (χ0) is 22.6. The molecule has 3 rings (SSSR count). The van der Waals surface area contributed by atoms with Crippen molar-refractivity contribution >= 4 is 33.0 Å². The van der Waals surface area contributed by atoms with E-state index in [0.29, 0.717) is 11.4 Å². The number of nitrogens with one attached hydrogen (secondary N) is 1. The second-order valence-electron chi connectivity index (χ2n) is 8.08. The monoisotopic (exact) mass is 444 g/mol. The Kier molecular flexibility index (Phi) is 7.23. The fraction of sp³-hybridized carbons (Fsp3) is 0.435. The number of rotatable bonds is 7. The van der Waals surface area contributed by atoms with Gasteiger partial charge in [0.2, 0.25) is 15.9 Å². The van der Waals surface area contributed by atoms with Gasteiger partial charge in [-0.1, -0.05) is 19.1 Å². The minimum absolute atomic E-state index is 0.377. The van der Waals surface area contributed by atoms with Crippen LogP contribution < -0.4 is 14.5 Å². The van der Waals surface area contributed by atoms with E-state index in [-0.39, 0.29) is 5.91 Å². The molecule has 7 nitrogen and oxygen atoms in total. The summed E-state index contributed by atoms with van der Waals surface area (Å²) in [5, 5.41) is 2.85. The van der Waals surface area contributed by atoms with Crippen molar-refractivity contribution in [2.75, 3.05) is 54.0 Å². The third-order valence-electron chi connectivity index (χ3n) is 5.69. The molecule has 1 heterocycles. The third-order valence-corrected chi connectivity index (χ3v) is 6.93. The Morgan fingerprint density at radius 2 is 1.61 bits per heavy atom. The molecule has 1 aliphatic heterocycles. The number of hydrogen-bond acceptors (Lipinski definition) is 5. The van der Waals surface area contributed by atoms with Crippen LogP contribution in [0.15, 0.2) is 48.5 Å². The first-order valence-electron chi connectivity index (χ1n) is 10.6. The molecule has 1 atom stereocenters. The van der Waals surface area contributed by atoms with Crippen molar-refractivity contribution in [3.05, 3.63) is 54.1 Å². The lowest BCUT2D eigenvalue weighted by Crippen LogP contribution is -2.45. The van der Waals surface area contributed by atoms with E-state index >= 15 is 0 Å². The van der Waals surface area contributed by atoms with E-state index in [0.717, 1.165) is 50.1 Å². The van der Waals surface area contributed by atoms with Gasteiger partial charge in [0.15, 0.2) is 0 Å². The Labute approximate surface area is 185 Å².